The van der Waals surface area contributed by atoms with Gasteiger partial charge in [-0.25, -0.2) is 0 Å². The number of ether oxygens (including phenoxy) is 3. The zero-order valence-corrected chi connectivity index (χ0v) is 15.9. The van der Waals surface area contributed by atoms with E-state index in [1.54, 1.807) is 6.08 Å². The third-order valence-corrected chi connectivity index (χ3v) is 5.70. The number of hydrogen-bond donors (Lipinski definition) is 1. The van der Waals surface area contributed by atoms with Crippen LogP contribution in [0.3, 0.4) is 0 Å². The van der Waals surface area contributed by atoms with E-state index in [1.165, 1.54) is 11.1 Å². The molecule has 0 saturated carbocycles. The summed E-state index contributed by atoms with van der Waals surface area (Å²) in [4.78, 5) is 0. The molecule has 0 spiro atoms. The second kappa shape index (κ2) is 6.57. The molecule has 0 aromatic heterocycles. The maximum absolute atomic E-state index is 9.81. The van der Waals surface area contributed by atoms with E-state index in [0.717, 1.165) is 42.9 Å². The van der Waals surface area contributed by atoms with Crippen LogP contribution in [0.1, 0.15) is 44.7 Å². The highest BCUT2D eigenvalue weighted by atomic mass is 16.5. The first-order valence-corrected chi connectivity index (χ1v) is 9.67. The molecule has 1 N–H and O–H groups in total. The second-order valence-corrected chi connectivity index (χ2v) is 8.12. The van der Waals surface area contributed by atoms with Gasteiger partial charge in [-0.05, 0) is 64.2 Å². The Labute approximate surface area is 155 Å². The normalized spacial score (nSPS) is 26.4. The summed E-state index contributed by atoms with van der Waals surface area (Å²) in [6.45, 7) is 7.55. The zero-order chi connectivity index (χ0) is 18.3. The average Bonchev–Trinajstić information content (AvgIpc) is 2.60. The molecule has 1 aliphatic carbocycles. The smallest absolute Gasteiger partial charge is 0.129 e. The van der Waals surface area contributed by atoms with E-state index in [4.69, 9.17) is 14.2 Å². The fourth-order valence-corrected chi connectivity index (χ4v) is 4.31. The van der Waals surface area contributed by atoms with Crippen LogP contribution in [0.25, 0.3) is 0 Å². The number of rotatable bonds is 3. The van der Waals surface area contributed by atoms with Gasteiger partial charge < -0.3 is 19.3 Å². The van der Waals surface area contributed by atoms with Crippen molar-refractivity contribution in [2.24, 2.45) is 11.8 Å². The first kappa shape index (κ1) is 17.3. The van der Waals surface area contributed by atoms with E-state index in [1.807, 2.05) is 13.0 Å². The van der Waals surface area contributed by atoms with Gasteiger partial charge in [0.25, 0.3) is 0 Å². The Balaban J connectivity index is 1.57. The molecule has 4 heteroatoms. The van der Waals surface area contributed by atoms with Crippen LogP contribution in [-0.2, 0) is 17.6 Å². The van der Waals surface area contributed by atoms with Crippen LogP contribution < -0.4 is 9.47 Å². The summed E-state index contributed by atoms with van der Waals surface area (Å²) in [5.41, 5.74) is 2.38. The molecule has 2 heterocycles. The lowest BCUT2D eigenvalue weighted by atomic mass is 9.79. The maximum Gasteiger partial charge on any atom is 0.129 e. The average molecular weight is 356 g/mol. The van der Waals surface area contributed by atoms with Crippen LogP contribution in [0.2, 0.25) is 0 Å². The molecule has 140 valence electrons. The lowest BCUT2D eigenvalue weighted by Gasteiger charge is -2.37. The highest BCUT2D eigenvalue weighted by Crippen LogP contribution is 2.44. The summed E-state index contributed by atoms with van der Waals surface area (Å²) >= 11 is 0. The van der Waals surface area contributed by atoms with Crippen molar-refractivity contribution in [1.82, 2.24) is 0 Å². The molecule has 1 aromatic rings. The number of aliphatic hydroxyl groups is 1. The highest BCUT2D eigenvalue weighted by molar-refractivity contribution is 5.52. The van der Waals surface area contributed by atoms with Crippen molar-refractivity contribution in [1.29, 1.82) is 0 Å². The largest absolute Gasteiger partial charge is 0.508 e. The number of hydrogen-bond acceptors (Lipinski definition) is 4. The predicted molar refractivity (Wildman–Crippen MR) is 101 cm³/mol. The van der Waals surface area contributed by atoms with Crippen LogP contribution in [0.15, 0.2) is 35.8 Å². The van der Waals surface area contributed by atoms with E-state index in [-0.39, 0.29) is 11.5 Å². The maximum atomic E-state index is 9.81. The third kappa shape index (κ3) is 3.17. The monoisotopic (exact) mass is 356 g/mol. The summed E-state index contributed by atoms with van der Waals surface area (Å²) in [6, 6.07) is 4.26. The SMILES string of the molecule is CCOC1=CC(O)=CCC1C1COc2c(ccc3c2CCC(C)(C)O3)C1. The van der Waals surface area contributed by atoms with Crippen molar-refractivity contribution in [2.45, 2.75) is 52.1 Å². The fourth-order valence-electron chi connectivity index (χ4n) is 4.31. The highest BCUT2D eigenvalue weighted by Gasteiger charge is 2.35. The molecule has 3 aliphatic rings. The number of allylic oxidation sites excluding steroid dienone is 3. The van der Waals surface area contributed by atoms with Crippen molar-refractivity contribution in [3.8, 4) is 11.5 Å². The Hall–Kier alpha value is -2.10. The molecule has 0 radical (unpaired) electrons. The molecule has 2 aliphatic heterocycles. The molecule has 2 atom stereocenters. The van der Waals surface area contributed by atoms with Gasteiger partial charge in [0.1, 0.15) is 28.6 Å². The molecule has 26 heavy (non-hydrogen) atoms. The molecule has 0 fully saturated rings. The van der Waals surface area contributed by atoms with Crippen LogP contribution in [0.4, 0.5) is 0 Å². The van der Waals surface area contributed by atoms with Gasteiger partial charge >= 0.3 is 0 Å². The van der Waals surface area contributed by atoms with Gasteiger partial charge in [0.05, 0.1) is 13.2 Å². The van der Waals surface area contributed by atoms with Crippen molar-refractivity contribution >= 4 is 0 Å². The van der Waals surface area contributed by atoms with Gasteiger partial charge in [0, 0.05) is 23.5 Å². The van der Waals surface area contributed by atoms with Crippen molar-refractivity contribution in [2.75, 3.05) is 13.2 Å². The summed E-state index contributed by atoms with van der Waals surface area (Å²) in [6.07, 6.45) is 7.41. The molecule has 2 unspecified atom stereocenters. The summed E-state index contributed by atoms with van der Waals surface area (Å²) in [5, 5.41) is 9.81. The Bertz CT molecular complexity index is 760. The van der Waals surface area contributed by atoms with Crippen LogP contribution in [-0.4, -0.2) is 23.9 Å². The van der Waals surface area contributed by atoms with Gasteiger partial charge in [-0.3, -0.25) is 0 Å². The number of benzene rings is 1. The lowest BCUT2D eigenvalue weighted by Crippen LogP contribution is -2.34. The van der Waals surface area contributed by atoms with E-state index in [9.17, 15) is 5.11 Å². The summed E-state index contributed by atoms with van der Waals surface area (Å²) in [7, 11) is 0. The third-order valence-electron chi connectivity index (χ3n) is 5.70. The Morgan fingerprint density at radius 2 is 2.15 bits per heavy atom. The van der Waals surface area contributed by atoms with Gasteiger partial charge in [-0.1, -0.05) is 6.07 Å². The zero-order valence-electron chi connectivity index (χ0n) is 15.9. The van der Waals surface area contributed by atoms with E-state index < -0.39 is 0 Å². The quantitative estimate of drug-likeness (QED) is 0.851. The van der Waals surface area contributed by atoms with Crippen molar-refractivity contribution in [3.05, 3.63) is 46.9 Å². The van der Waals surface area contributed by atoms with E-state index in [0.29, 0.717) is 24.9 Å². The van der Waals surface area contributed by atoms with Crippen molar-refractivity contribution < 1.29 is 19.3 Å². The minimum atomic E-state index is -0.105. The summed E-state index contributed by atoms with van der Waals surface area (Å²) < 4.78 is 18.2. The minimum absolute atomic E-state index is 0.105. The van der Waals surface area contributed by atoms with Crippen molar-refractivity contribution in [3.63, 3.8) is 0 Å². The first-order chi connectivity index (χ1) is 12.5. The molecule has 4 nitrogen and oxygen atoms in total. The van der Waals surface area contributed by atoms with Gasteiger partial charge in [-0.15, -0.1) is 0 Å². The number of fused-ring (bicyclic) bond motifs is 3. The van der Waals surface area contributed by atoms with E-state index >= 15 is 0 Å². The minimum Gasteiger partial charge on any atom is -0.508 e. The van der Waals surface area contributed by atoms with Crippen LogP contribution >= 0.6 is 0 Å². The molecular formula is C22H28O4. The second-order valence-electron chi connectivity index (χ2n) is 8.12. The van der Waals surface area contributed by atoms with Gasteiger partial charge in [0.2, 0.25) is 0 Å². The Morgan fingerprint density at radius 3 is 2.96 bits per heavy atom. The van der Waals surface area contributed by atoms with Gasteiger partial charge in [-0.2, -0.15) is 0 Å². The molecule has 1 aromatic carbocycles. The molecule has 4 rings (SSSR count). The fraction of sp³-hybridized carbons (Fsp3) is 0.545. The predicted octanol–water partition coefficient (Wildman–Crippen LogP) is 4.72. The van der Waals surface area contributed by atoms with Crippen LogP contribution in [0.5, 0.6) is 11.5 Å². The van der Waals surface area contributed by atoms with E-state index in [2.05, 4.69) is 26.0 Å². The Kier molecular flexibility index (Phi) is 4.37. The van der Waals surface area contributed by atoms with Crippen LogP contribution in [0, 0.1) is 11.8 Å². The molecule has 0 saturated heterocycles. The first-order valence-electron chi connectivity index (χ1n) is 9.67. The topological polar surface area (TPSA) is 47.9 Å². The molecular weight excluding hydrogens is 328 g/mol. The molecule has 0 amide bonds. The number of aliphatic hydroxyl groups excluding tert-OH is 1. The Morgan fingerprint density at radius 1 is 1.31 bits per heavy atom. The molecule has 0 bridgehead atoms. The lowest BCUT2D eigenvalue weighted by molar-refractivity contribution is 0.0803. The summed E-state index contributed by atoms with van der Waals surface area (Å²) in [5.74, 6) is 3.79. The van der Waals surface area contributed by atoms with Gasteiger partial charge in [0.15, 0.2) is 0 Å². The standard InChI is InChI=1S/C22H28O4/c1-4-24-20-12-16(23)6-7-17(20)15-11-14-5-8-19-18(21(14)25-13-15)9-10-22(2,3)26-19/h5-6,8,12,15,17,23H,4,7,9-11,13H2,1-3H3.